The number of rotatable bonds is 4. The number of nitrogen functional groups attached to an aromatic ring is 1. The maximum Gasteiger partial charge on any atom is 0.253 e. The van der Waals surface area contributed by atoms with Crippen molar-refractivity contribution in [2.75, 3.05) is 5.73 Å². The minimum absolute atomic E-state index is 0.0756. The lowest BCUT2D eigenvalue weighted by atomic mass is 10.1. The van der Waals surface area contributed by atoms with Gasteiger partial charge in [-0.3, -0.25) is 9.78 Å². The summed E-state index contributed by atoms with van der Waals surface area (Å²) in [6, 6.07) is 1.57. The number of aryl methyl sites for hydroxylation is 1. The van der Waals surface area contributed by atoms with Crippen LogP contribution in [0.3, 0.4) is 0 Å². The second kappa shape index (κ2) is 5.79. The van der Waals surface area contributed by atoms with Crippen LogP contribution in [0, 0.1) is 6.92 Å². The van der Waals surface area contributed by atoms with Crippen LogP contribution in [-0.4, -0.2) is 15.9 Å². The zero-order chi connectivity index (χ0) is 13.8. The molecule has 3 N–H and O–H groups in total. The van der Waals surface area contributed by atoms with Crippen molar-refractivity contribution < 1.29 is 4.79 Å². The third-order valence-electron chi connectivity index (χ3n) is 2.82. The van der Waals surface area contributed by atoms with Crippen molar-refractivity contribution >= 4 is 22.9 Å². The number of anilines is 1. The number of nitrogens with zero attached hydrogens (tertiary/aromatic N) is 2. The molecule has 19 heavy (non-hydrogen) atoms. The maximum absolute atomic E-state index is 12.3. The Hall–Kier alpha value is -1.95. The second-order valence-electron chi connectivity index (χ2n) is 4.21. The molecule has 1 unspecified atom stereocenters. The quantitative estimate of drug-likeness (QED) is 0.898. The van der Waals surface area contributed by atoms with Gasteiger partial charge in [-0.15, -0.1) is 11.3 Å². The molecule has 0 radical (unpaired) electrons. The summed E-state index contributed by atoms with van der Waals surface area (Å²) in [5.74, 6) is -0.167. The average Bonchev–Trinajstić information content (AvgIpc) is 2.92. The van der Waals surface area contributed by atoms with Crippen molar-refractivity contribution in [3.63, 3.8) is 0 Å². The van der Waals surface area contributed by atoms with E-state index in [1.54, 1.807) is 25.4 Å². The Balaban J connectivity index is 2.18. The molecule has 2 aromatic heterocycles. The topological polar surface area (TPSA) is 80.9 Å². The smallest absolute Gasteiger partial charge is 0.253 e. The summed E-state index contributed by atoms with van der Waals surface area (Å²) in [5.41, 5.74) is 7.33. The van der Waals surface area contributed by atoms with Gasteiger partial charge in [0.1, 0.15) is 5.01 Å². The number of carbonyl (C=O) groups is 1. The number of aromatic nitrogens is 2. The van der Waals surface area contributed by atoms with Crippen molar-refractivity contribution in [1.82, 2.24) is 15.3 Å². The van der Waals surface area contributed by atoms with Gasteiger partial charge >= 0.3 is 0 Å². The minimum atomic E-state index is -0.167. The number of hydrogen-bond acceptors (Lipinski definition) is 5. The zero-order valence-electron chi connectivity index (χ0n) is 10.9. The Labute approximate surface area is 115 Å². The van der Waals surface area contributed by atoms with Crippen LogP contribution < -0.4 is 11.1 Å². The summed E-state index contributed by atoms with van der Waals surface area (Å²) in [7, 11) is 0. The Bertz CT molecular complexity index is 568. The monoisotopic (exact) mass is 276 g/mol. The number of carbonyl (C=O) groups excluding carboxylic acids is 1. The Morgan fingerprint density at radius 2 is 2.32 bits per heavy atom. The van der Waals surface area contributed by atoms with Gasteiger partial charge in [0.2, 0.25) is 0 Å². The molecule has 2 aromatic rings. The van der Waals surface area contributed by atoms with Crippen LogP contribution >= 0.6 is 11.3 Å². The van der Waals surface area contributed by atoms with Gasteiger partial charge < -0.3 is 11.1 Å². The van der Waals surface area contributed by atoms with Gasteiger partial charge in [-0.2, -0.15) is 0 Å². The summed E-state index contributed by atoms with van der Waals surface area (Å²) in [6.45, 7) is 3.80. The van der Waals surface area contributed by atoms with E-state index in [0.29, 0.717) is 16.9 Å². The normalized spacial score (nSPS) is 12.1. The summed E-state index contributed by atoms with van der Waals surface area (Å²) in [4.78, 5) is 20.6. The molecule has 0 bridgehead atoms. The molecule has 0 saturated heterocycles. The van der Waals surface area contributed by atoms with Crippen LogP contribution in [0.25, 0.3) is 0 Å². The predicted molar refractivity (Wildman–Crippen MR) is 76.0 cm³/mol. The zero-order valence-corrected chi connectivity index (χ0v) is 11.7. The molecule has 0 aliphatic carbocycles. The van der Waals surface area contributed by atoms with Gasteiger partial charge in [-0.05, 0) is 19.4 Å². The van der Waals surface area contributed by atoms with E-state index in [1.165, 1.54) is 11.3 Å². The highest BCUT2D eigenvalue weighted by molar-refractivity contribution is 7.09. The third kappa shape index (κ3) is 3.08. The Kier molecular flexibility index (Phi) is 4.11. The molecule has 2 heterocycles. The second-order valence-corrected chi connectivity index (χ2v) is 5.13. The Morgan fingerprint density at radius 1 is 1.53 bits per heavy atom. The fraction of sp³-hybridized carbons (Fsp3) is 0.308. The van der Waals surface area contributed by atoms with Crippen LogP contribution in [0.15, 0.2) is 23.8 Å². The molecule has 0 aliphatic heterocycles. The summed E-state index contributed by atoms with van der Waals surface area (Å²) in [5, 5.41) is 5.77. The molecule has 0 fully saturated rings. The molecule has 2 rings (SSSR count). The van der Waals surface area contributed by atoms with E-state index in [2.05, 4.69) is 15.3 Å². The van der Waals surface area contributed by atoms with Crippen molar-refractivity contribution in [3.8, 4) is 0 Å². The van der Waals surface area contributed by atoms with E-state index in [9.17, 15) is 4.79 Å². The van der Waals surface area contributed by atoms with E-state index in [0.717, 1.165) is 11.4 Å². The van der Waals surface area contributed by atoms with Gasteiger partial charge in [0.25, 0.3) is 5.91 Å². The van der Waals surface area contributed by atoms with Crippen molar-refractivity contribution in [3.05, 3.63) is 40.1 Å². The highest BCUT2D eigenvalue weighted by Gasteiger charge is 2.17. The van der Waals surface area contributed by atoms with Crippen LogP contribution in [0.5, 0.6) is 0 Å². The molecule has 0 spiro atoms. The number of amides is 1. The number of nitrogens with two attached hydrogens (primary N) is 1. The molecule has 0 aliphatic rings. The molecular weight excluding hydrogens is 260 g/mol. The number of thiazole rings is 1. The molecule has 0 aromatic carbocycles. The van der Waals surface area contributed by atoms with Gasteiger partial charge in [-0.1, -0.05) is 6.92 Å². The lowest BCUT2D eigenvalue weighted by molar-refractivity contribution is 0.0934. The fourth-order valence-corrected chi connectivity index (χ4v) is 2.53. The first kappa shape index (κ1) is 13.5. The van der Waals surface area contributed by atoms with Crippen molar-refractivity contribution in [2.24, 2.45) is 0 Å². The molecule has 1 atom stereocenters. The summed E-state index contributed by atoms with van der Waals surface area (Å²) >= 11 is 1.53. The van der Waals surface area contributed by atoms with E-state index < -0.39 is 0 Å². The summed E-state index contributed by atoms with van der Waals surface area (Å²) < 4.78 is 0. The maximum atomic E-state index is 12.3. The molecule has 100 valence electrons. The molecule has 6 heteroatoms. The lowest BCUT2D eigenvalue weighted by Gasteiger charge is -2.15. The van der Waals surface area contributed by atoms with Gasteiger partial charge in [0.05, 0.1) is 29.2 Å². The van der Waals surface area contributed by atoms with E-state index in [-0.39, 0.29) is 11.9 Å². The summed E-state index contributed by atoms with van der Waals surface area (Å²) in [6.07, 6.45) is 4.07. The lowest BCUT2D eigenvalue weighted by Crippen LogP contribution is -2.29. The standard InChI is InChI=1S/C13H16N4OS/c1-3-11(13-15-4-5-19-13)17-12(18)10-6-9(14)7-16-8(10)2/h4-7,11H,3,14H2,1-2H3,(H,17,18). The average molecular weight is 276 g/mol. The van der Waals surface area contributed by atoms with Crippen LogP contribution in [-0.2, 0) is 0 Å². The van der Waals surface area contributed by atoms with Gasteiger partial charge in [-0.25, -0.2) is 4.98 Å². The first-order valence-electron chi connectivity index (χ1n) is 6.04. The largest absolute Gasteiger partial charge is 0.397 e. The highest BCUT2D eigenvalue weighted by Crippen LogP contribution is 2.20. The highest BCUT2D eigenvalue weighted by atomic mass is 32.1. The van der Waals surface area contributed by atoms with E-state index >= 15 is 0 Å². The van der Waals surface area contributed by atoms with Gasteiger partial charge in [0.15, 0.2) is 0 Å². The first-order chi connectivity index (χ1) is 9.11. The van der Waals surface area contributed by atoms with Crippen LogP contribution in [0.2, 0.25) is 0 Å². The van der Waals surface area contributed by atoms with Gasteiger partial charge in [0, 0.05) is 11.6 Å². The van der Waals surface area contributed by atoms with Crippen LogP contribution in [0.4, 0.5) is 5.69 Å². The fourth-order valence-electron chi connectivity index (χ4n) is 1.76. The van der Waals surface area contributed by atoms with Crippen molar-refractivity contribution in [1.29, 1.82) is 0 Å². The molecule has 1 amide bonds. The van der Waals surface area contributed by atoms with E-state index in [4.69, 9.17) is 5.73 Å². The third-order valence-corrected chi connectivity index (χ3v) is 3.70. The Morgan fingerprint density at radius 3 is 2.95 bits per heavy atom. The van der Waals surface area contributed by atoms with Crippen LogP contribution in [0.1, 0.15) is 40.4 Å². The molecular formula is C13H16N4OS. The number of hydrogen-bond donors (Lipinski definition) is 2. The predicted octanol–water partition coefficient (Wildman–Crippen LogP) is 2.31. The SMILES string of the molecule is CCC(NC(=O)c1cc(N)cnc1C)c1nccs1. The van der Waals surface area contributed by atoms with Crippen molar-refractivity contribution in [2.45, 2.75) is 26.3 Å². The molecule has 0 saturated carbocycles. The number of nitrogens with one attached hydrogen (secondary N) is 1. The van der Waals surface area contributed by atoms with E-state index in [1.807, 2.05) is 12.3 Å². The first-order valence-corrected chi connectivity index (χ1v) is 6.92. The number of pyridine rings is 1. The molecule has 5 nitrogen and oxygen atoms in total. The minimum Gasteiger partial charge on any atom is -0.397 e.